The van der Waals surface area contributed by atoms with Crippen LogP contribution in [0.1, 0.15) is 34.6 Å². The molecule has 1 amide bonds. The summed E-state index contributed by atoms with van der Waals surface area (Å²) in [6.07, 6.45) is 1.79. The van der Waals surface area contributed by atoms with E-state index in [1.807, 2.05) is 41.3 Å². The SMILES string of the molecule is COc1ccccc1Cc1nnc(CCC(=O)N2CCc3ccccc3C2)c(=O)[nH]1. The van der Waals surface area contributed by atoms with Crippen molar-refractivity contribution in [3.8, 4) is 5.75 Å². The summed E-state index contributed by atoms with van der Waals surface area (Å²) < 4.78 is 5.33. The molecule has 3 aromatic rings. The molecule has 0 saturated heterocycles. The standard InChI is InChI=1S/C23H24N4O3/c1-30-20-9-5-4-7-17(20)14-21-24-23(29)19(25-26-21)10-11-22(28)27-13-12-16-6-2-3-8-18(16)15-27/h2-9H,10-15H2,1H3,(H,24,26,29). The van der Waals surface area contributed by atoms with Crippen LogP contribution in [0.5, 0.6) is 5.75 Å². The van der Waals surface area contributed by atoms with Crippen LogP contribution >= 0.6 is 0 Å². The highest BCUT2D eigenvalue weighted by atomic mass is 16.5. The Morgan fingerprint density at radius 1 is 1.10 bits per heavy atom. The van der Waals surface area contributed by atoms with Gasteiger partial charge < -0.3 is 14.6 Å². The molecule has 0 radical (unpaired) electrons. The average molecular weight is 404 g/mol. The normalized spacial score (nSPS) is 13.0. The van der Waals surface area contributed by atoms with Crippen LogP contribution in [0.15, 0.2) is 53.3 Å². The summed E-state index contributed by atoms with van der Waals surface area (Å²) in [7, 11) is 1.61. The summed E-state index contributed by atoms with van der Waals surface area (Å²) in [6.45, 7) is 1.32. The van der Waals surface area contributed by atoms with E-state index < -0.39 is 0 Å². The van der Waals surface area contributed by atoms with Crippen LogP contribution in [0, 0.1) is 0 Å². The van der Waals surface area contributed by atoms with Gasteiger partial charge in [0.25, 0.3) is 5.56 Å². The van der Waals surface area contributed by atoms with Gasteiger partial charge in [0.1, 0.15) is 17.3 Å². The number of H-pyrrole nitrogens is 1. The number of hydrogen-bond donors (Lipinski definition) is 1. The summed E-state index contributed by atoms with van der Waals surface area (Å²) >= 11 is 0. The molecule has 0 saturated carbocycles. The first-order valence-corrected chi connectivity index (χ1v) is 10.0. The first-order valence-electron chi connectivity index (χ1n) is 10.0. The molecule has 0 atom stereocenters. The fraction of sp³-hybridized carbons (Fsp3) is 0.304. The maximum absolute atomic E-state index is 12.6. The van der Waals surface area contributed by atoms with Crippen molar-refractivity contribution >= 4 is 5.91 Å². The highest BCUT2D eigenvalue weighted by molar-refractivity contribution is 5.76. The van der Waals surface area contributed by atoms with Gasteiger partial charge in [0.05, 0.1) is 7.11 Å². The molecule has 30 heavy (non-hydrogen) atoms. The van der Waals surface area contributed by atoms with Gasteiger partial charge in [0, 0.05) is 37.9 Å². The molecule has 7 nitrogen and oxygen atoms in total. The fourth-order valence-corrected chi connectivity index (χ4v) is 3.76. The Morgan fingerprint density at radius 2 is 1.87 bits per heavy atom. The highest BCUT2D eigenvalue weighted by Crippen LogP contribution is 2.20. The number of aryl methyl sites for hydroxylation is 1. The average Bonchev–Trinajstić information content (AvgIpc) is 2.78. The van der Waals surface area contributed by atoms with E-state index in [0.717, 1.165) is 17.7 Å². The number of rotatable bonds is 6. The number of carbonyl (C=O) groups is 1. The molecule has 0 unspecified atom stereocenters. The lowest BCUT2D eigenvalue weighted by molar-refractivity contribution is -0.132. The number of nitrogens with zero attached hydrogens (tertiary/aromatic N) is 3. The number of fused-ring (bicyclic) bond motifs is 1. The second-order valence-electron chi connectivity index (χ2n) is 7.37. The van der Waals surface area contributed by atoms with Gasteiger partial charge in [-0.15, -0.1) is 10.2 Å². The predicted molar refractivity (Wildman–Crippen MR) is 112 cm³/mol. The van der Waals surface area contributed by atoms with Crippen LogP contribution in [0.2, 0.25) is 0 Å². The van der Waals surface area contributed by atoms with Crippen molar-refractivity contribution in [1.29, 1.82) is 0 Å². The van der Waals surface area contributed by atoms with E-state index in [2.05, 4.69) is 27.3 Å². The van der Waals surface area contributed by atoms with E-state index in [-0.39, 0.29) is 30.0 Å². The number of carbonyl (C=O) groups excluding carboxylic acids is 1. The zero-order chi connectivity index (χ0) is 20.9. The smallest absolute Gasteiger partial charge is 0.272 e. The number of nitrogens with one attached hydrogen (secondary N) is 1. The summed E-state index contributed by atoms with van der Waals surface area (Å²) in [5.41, 5.74) is 3.39. The Labute approximate surface area is 174 Å². The van der Waals surface area contributed by atoms with Crippen molar-refractivity contribution in [2.45, 2.75) is 32.2 Å². The molecular formula is C23H24N4O3. The molecule has 7 heteroatoms. The van der Waals surface area contributed by atoms with Gasteiger partial charge in [-0.3, -0.25) is 9.59 Å². The molecule has 2 aromatic carbocycles. The van der Waals surface area contributed by atoms with Crippen molar-refractivity contribution in [3.63, 3.8) is 0 Å². The summed E-state index contributed by atoms with van der Waals surface area (Å²) in [4.78, 5) is 29.7. The Hall–Kier alpha value is -3.48. The Kier molecular flexibility index (Phi) is 5.88. The lowest BCUT2D eigenvalue weighted by Crippen LogP contribution is -2.36. The van der Waals surface area contributed by atoms with Crippen LogP contribution in [0.25, 0.3) is 0 Å². The number of benzene rings is 2. The Bertz CT molecular complexity index is 1110. The van der Waals surface area contributed by atoms with E-state index in [0.29, 0.717) is 25.3 Å². The van der Waals surface area contributed by atoms with E-state index in [1.165, 1.54) is 11.1 Å². The Balaban J connectivity index is 1.37. The third kappa shape index (κ3) is 4.40. The monoisotopic (exact) mass is 404 g/mol. The maximum Gasteiger partial charge on any atom is 0.272 e. The van der Waals surface area contributed by atoms with Crippen LogP contribution in [-0.4, -0.2) is 39.6 Å². The van der Waals surface area contributed by atoms with Gasteiger partial charge in [-0.1, -0.05) is 42.5 Å². The predicted octanol–water partition coefficient (Wildman–Crippen LogP) is 2.28. The fourth-order valence-electron chi connectivity index (χ4n) is 3.76. The molecule has 0 bridgehead atoms. The maximum atomic E-state index is 12.6. The molecular weight excluding hydrogens is 380 g/mol. The number of hydrogen-bond acceptors (Lipinski definition) is 5. The third-order valence-electron chi connectivity index (χ3n) is 5.42. The molecule has 0 spiro atoms. The van der Waals surface area contributed by atoms with Gasteiger partial charge in [0.2, 0.25) is 5.91 Å². The van der Waals surface area contributed by atoms with Gasteiger partial charge >= 0.3 is 0 Å². The zero-order valence-electron chi connectivity index (χ0n) is 16.9. The lowest BCUT2D eigenvalue weighted by atomic mass is 9.99. The van der Waals surface area contributed by atoms with Crippen LogP contribution < -0.4 is 10.3 Å². The minimum absolute atomic E-state index is 0.0313. The van der Waals surface area contributed by atoms with E-state index in [4.69, 9.17) is 4.74 Å². The number of methoxy groups -OCH3 is 1. The zero-order valence-corrected chi connectivity index (χ0v) is 16.9. The van der Waals surface area contributed by atoms with Crippen molar-refractivity contribution in [2.75, 3.05) is 13.7 Å². The molecule has 154 valence electrons. The van der Waals surface area contributed by atoms with Crippen molar-refractivity contribution in [2.24, 2.45) is 0 Å². The molecule has 0 aliphatic carbocycles. The number of ether oxygens (including phenoxy) is 1. The minimum Gasteiger partial charge on any atom is -0.496 e. The largest absolute Gasteiger partial charge is 0.496 e. The first kappa shape index (κ1) is 19.8. The number of para-hydroxylation sites is 1. The first-order chi connectivity index (χ1) is 14.6. The quantitative estimate of drug-likeness (QED) is 0.681. The minimum atomic E-state index is -0.299. The molecule has 0 fully saturated rings. The molecule has 1 N–H and O–H groups in total. The number of aromatic amines is 1. The molecule has 2 heterocycles. The summed E-state index contributed by atoms with van der Waals surface area (Å²) in [5.74, 6) is 1.23. The van der Waals surface area contributed by atoms with Gasteiger partial charge in [-0.2, -0.15) is 0 Å². The molecule has 1 aliphatic heterocycles. The highest BCUT2D eigenvalue weighted by Gasteiger charge is 2.20. The summed E-state index contributed by atoms with van der Waals surface area (Å²) in [6, 6.07) is 15.8. The van der Waals surface area contributed by atoms with E-state index >= 15 is 0 Å². The van der Waals surface area contributed by atoms with Crippen LogP contribution in [0.3, 0.4) is 0 Å². The number of amides is 1. The van der Waals surface area contributed by atoms with Crippen molar-refractivity contribution < 1.29 is 9.53 Å². The Morgan fingerprint density at radius 3 is 2.67 bits per heavy atom. The van der Waals surface area contributed by atoms with Gasteiger partial charge in [-0.05, 0) is 23.6 Å². The van der Waals surface area contributed by atoms with E-state index in [9.17, 15) is 9.59 Å². The van der Waals surface area contributed by atoms with Gasteiger partial charge in [-0.25, -0.2) is 0 Å². The second kappa shape index (κ2) is 8.90. The lowest BCUT2D eigenvalue weighted by Gasteiger charge is -2.28. The molecule has 1 aliphatic rings. The number of aromatic nitrogens is 3. The van der Waals surface area contributed by atoms with Crippen LogP contribution in [-0.2, 0) is 30.6 Å². The third-order valence-corrected chi connectivity index (χ3v) is 5.42. The molecule has 1 aromatic heterocycles. The van der Waals surface area contributed by atoms with Crippen molar-refractivity contribution in [3.05, 3.63) is 87.1 Å². The van der Waals surface area contributed by atoms with Crippen LogP contribution in [0.4, 0.5) is 0 Å². The topological polar surface area (TPSA) is 88.2 Å². The van der Waals surface area contributed by atoms with E-state index in [1.54, 1.807) is 7.11 Å². The van der Waals surface area contributed by atoms with Crippen molar-refractivity contribution in [1.82, 2.24) is 20.1 Å². The summed E-state index contributed by atoms with van der Waals surface area (Å²) in [5, 5.41) is 8.22. The second-order valence-corrected chi connectivity index (χ2v) is 7.37. The molecule has 4 rings (SSSR count). The van der Waals surface area contributed by atoms with Gasteiger partial charge in [0.15, 0.2) is 0 Å².